The molecule has 0 bridgehead atoms. The van der Waals surface area contributed by atoms with Crippen molar-refractivity contribution in [3.05, 3.63) is 0 Å². The van der Waals surface area contributed by atoms with Gasteiger partial charge < -0.3 is 10.1 Å². The minimum atomic E-state index is -0.0140. The average Bonchev–Trinajstić information content (AvgIpc) is 2.03. The summed E-state index contributed by atoms with van der Waals surface area (Å²) in [6.45, 7) is 10.9. The summed E-state index contributed by atoms with van der Waals surface area (Å²) in [6, 6.07) is 1.12. The Labute approximate surface area is 83.1 Å². The summed E-state index contributed by atoms with van der Waals surface area (Å²) in [7, 11) is 1.77. The van der Waals surface area contributed by atoms with E-state index in [1.807, 2.05) is 0 Å². The zero-order valence-electron chi connectivity index (χ0n) is 9.98. The highest BCUT2D eigenvalue weighted by molar-refractivity contribution is 4.76. The molecule has 2 atom stereocenters. The number of nitrogens with one attached hydrogen (secondary N) is 1. The molecule has 80 valence electrons. The standard InChI is InChI=1S/C11H25NO/c1-7-9(2)12-10(3)8-11(4,5)13-6/h9-10,12H,7-8H2,1-6H3/t9-,10-/m1/s1. The van der Waals surface area contributed by atoms with Gasteiger partial charge >= 0.3 is 0 Å². The van der Waals surface area contributed by atoms with Crippen LogP contribution in [0, 0.1) is 0 Å². The molecule has 0 aliphatic rings. The van der Waals surface area contributed by atoms with Crippen molar-refractivity contribution in [2.45, 2.75) is 65.1 Å². The monoisotopic (exact) mass is 187 g/mol. The molecule has 0 unspecified atom stereocenters. The van der Waals surface area contributed by atoms with Crippen molar-refractivity contribution in [3.63, 3.8) is 0 Å². The number of hydrogen-bond donors (Lipinski definition) is 1. The first-order chi connectivity index (χ1) is 5.91. The Morgan fingerprint density at radius 3 is 2.15 bits per heavy atom. The lowest BCUT2D eigenvalue weighted by atomic mass is 9.99. The van der Waals surface area contributed by atoms with Gasteiger partial charge in [-0.2, -0.15) is 0 Å². The first kappa shape index (κ1) is 12.9. The molecular weight excluding hydrogens is 162 g/mol. The number of ether oxygens (including phenoxy) is 1. The van der Waals surface area contributed by atoms with Crippen molar-refractivity contribution in [1.29, 1.82) is 0 Å². The Morgan fingerprint density at radius 2 is 1.77 bits per heavy atom. The lowest BCUT2D eigenvalue weighted by Crippen LogP contribution is -2.39. The van der Waals surface area contributed by atoms with Gasteiger partial charge in [-0.05, 0) is 40.5 Å². The Hall–Kier alpha value is -0.0800. The smallest absolute Gasteiger partial charge is 0.0637 e. The second kappa shape index (κ2) is 5.61. The molecule has 1 N–H and O–H groups in total. The van der Waals surface area contributed by atoms with E-state index in [9.17, 15) is 0 Å². The zero-order valence-corrected chi connectivity index (χ0v) is 9.98. The van der Waals surface area contributed by atoms with Gasteiger partial charge in [-0.1, -0.05) is 6.92 Å². The molecule has 13 heavy (non-hydrogen) atoms. The fourth-order valence-electron chi connectivity index (χ4n) is 1.48. The third-order valence-electron chi connectivity index (χ3n) is 2.53. The van der Waals surface area contributed by atoms with E-state index < -0.39 is 0 Å². The van der Waals surface area contributed by atoms with Crippen LogP contribution in [0.15, 0.2) is 0 Å². The minimum absolute atomic E-state index is 0.0140. The van der Waals surface area contributed by atoms with Gasteiger partial charge in [0.1, 0.15) is 0 Å². The number of methoxy groups -OCH3 is 1. The van der Waals surface area contributed by atoms with E-state index in [2.05, 4.69) is 39.9 Å². The van der Waals surface area contributed by atoms with Crippen LogP contribution in [0.1, 0.15) is 47.5 Å². The molecule has 0 saturated heterocycles. The van der Waals surface area contributed by atoms with Crippen molar-refractivity contribution in [1.82, 2.24) is 5.32 Å². The van der Waals surface area contributed by atoms with Crippen LogP contribution in [0.25, 0.3) is 0 Å². The topological polar surface area (TPSA) is 21.3 Å². The van der Waals surface area contributed by atoms with Gasteiger partial charge in [-0.3, -0.25) is 0 Å². The van der Waals surface area contributed by atoms with Crippen LogP contribution in [-0.2, 0) is 4.74 Å². The molecule has 2 nitrogen and oxygen atoms in total. The summed E-state index contributed by atoms with van der Waals surface area (Å²) in [4.78, 5) is 0. The van der Waals surface area contributed by atoms with Crippen molar-refractivity contribution >= 4 is 0 Å². The molecule has 0 aromatic carbocycles. The SMILES string of the molecule is CC[C@@H](C)N[C@H](C)CC(C)(C)OC. The molecule has 0 fully saturated rings. The molecule has 0 aromatic heterocycles. The maximum atomic E-state index is 5.38. The van der Waals surface area contributed by atoms with Crippen molar-refractivity contribution in [3.8, 4) is 0 Å². The molecule has 0 aromatic rings. The molecule has 0 radical (unpaired) electrons. The van der Waals surface area contributed by atoms with Gasteiger partial charge in [-0.15, -0.1) is 0 Å². The van der Waals surface area contributed by atoms with E-state index in [0.29, 0.717) is 12.1 Å². The minimum Gasteiger partial charge on any atom is -0.379 e. The van der Waals surface area contributed by atoms with Crippen LogP contribution >= 0.6 is 0 Å². The first-order valence-electron chi connectivity index (χ1n) is 5.22. The van der Waals surface area contributed by atoms with Gasteiger partial charge in [0, 0.05) is 19.2 Å². The highest BCUT2D eigenvalue weighted by Gasteiger charge is 2.20. The highest BCUT2D eigenvalue weighted by atomic mass is 16.5. The van der Waals surface area contributed by atoms with E-state index in [1.54, 1.807) is 7.11 Å². The summed E-state index contributed by atoms with van der Waals surface area (Å²) in [5.41, 5.74) is -0.0140. The van der Waals surface area contributed by atoms with Crippen LogP contribution in [0.5, 0.6) is 0 Å². The summed E-state index contributed by atoms with van der Waals surface area (Å²) < 4.78 is 5.38. The predicted molar refractivity (Wildman–Crippen MR) is 58.1 cm³/mol. The van der Waals surface area contributed by atoms with Crippen molar-refractivity contribution < 1.29 is 4.74 Å². The second-order valence-electron chi connectivity index (χ2n) is 4.54. The fraction of sp³-hybridized carbons (Fsp3) is 1.00. The summed E-state index contributed by atoms with van der Waals surface area (Å²) in [6.07, 6.45) is 2.23. The van der Waals surface area contributed by atoms with Gasteiger partial charge in [0.2, 0.25) is 0 Å². The number of rotatable bonds is 6. The molecule has 2 heteroatoms. The molecule has 0 aliphatic heterocycles. The Balaban J connectivity index is 3.79. The van der Waals surface area contributed by atoms with Gasteiger partial charge in [-0.25, -0.2) is 0 Å². The quantitative estimate of drug-likeness (QED) is 0.690. The normalized spacial score (nSPS) is 17.1. The van der Waals surface area contributed by atoms with Crippen LogP contribution in [0.2, 0.25) is 0 Å². The third-order valence-corrected chi connectivity index (χ3v) is 2.53. The van der Waals surface area contributed by atoms with Crippen LogP contribution in [-0.4, -0.2) is 24.8 Å². The summed E-state index contributed by atoms with van der Waals surface area (Å²) in [5, 5.41) is 3.54. The lowest BCUT2D eigenvalue weighted by Gasteiger charge is -2.28. The van der Waals surface area contributed by atoms with E-state index >= 15 is 0 Å². The van der Waals surface area contributed by atoms with E-state index in [0.717, 1.165) is 6.42 Å². The average molecular weight is 187 g/mol. The molecule has 0 heterocycles. The number of hydrogen-bond acceptors (Lipinski definition) is 2. The van der Waals surface area contributed by atoms with E-state index in [-0.39, 0.29) is 5.60 Å². The van der Waals surface area contributed by atoms with E-state index in [1.165, 1.54) is 6.42 Å². The predicted octanol–water partition coefficient (Wildman–Crippen LogP) is 2.58. The maximum Gasteiger partial charge on any atom is 0.0637 e. The Bertz CT molecular complexity index is 134. The van der Waals surface area contributed by atoms with Gasteiger partial charge in [0.05, 0.1) is 5.60 Å². The van der Waals surface area contributed by atoms with E-state index in [4.69, 9.17) is 4.74 Å². The van der Waals surface area contributed by atoms with Crippen molar-refractivity contribution in [2.75, 3.05) is 7.11 Å². The van der Waals surface area contributed by atoms with Gasteiger partial charge in [0.15, 0.2) is 0 Å². The zero-order chi connectivity index (χ0) is 10.5. The van der Waals surface area contributed by atoms with Gasteiger partial charge in [0.25, 0.3) is 0 Å². The molecule has 0 spiro atoms. The summed E-state index contributed by atoms with van der Waals surface area (Å²) in [5.74, 6) is 0. The lowest BCUT2D eigenvalue weighted by molar-refractivity contribution is 0.00782. The molecular formula is C11H25NO. The molecule has 0 aliphatic carbocycles. The summed E-state index contributed by atoms with van der Waals surface area (Å²) >= 11 is 0. The maximum absolute atomic E-state index is 5.38. The molecule has 0 saturated carbocycles. The molecule has 0 amide bonds. The first-order valence-corrected chi connectivity index (χ1v) is 5.22. The van der Waals surface area contributed by atoms with Crippen molar-refractivity contribution in [2.24, 2.45) is 0 Å². The largest absolute Gasteiger partial charge is 0.379 e. The molecule has 0 rings (SSSR count). The highest BCUT2D eigenvalue weighted by Crippen LogP contribution is 2.15. The second-order valence-corrected chi connectivity index (χ2v) is 4.54. The fourth-order valence-corrected chi connectivity index (χ4v) is 1.48. The van der Waals surface area contributed by atoms with Crippen LogP contribution in [0.4, 0.5) is 0 Å². The third kappa shape index (κ3) is 6.05. The van der Waals surface area contributed by atoms with Crippen LogP contribution < -0.4 is 5.32 Å². The Morgan fingerprint density at radius 1 is 1.23 bits per heavy atom. The van der Waals surface area contributed by atoms with Crippen LogP contribution in [0.3, 0.4) is 0 Å². The Kier molecular flexibility index (Phi) is 5.57.